The van der Waals surface area contributed by atoms with Crippen LogP contribution in [0.2, 0.25) is 0 Å². The Morgan fingerprint density at radius 1 is 1.07 bits per heavy atom. The van der Waals surface area contributed by atoms with E-state index in [1.807, 2.05) is 32.1 Å². The average molecular weight is 184 g/mol. The zero-order valence-electron chi connectivity index (χ0n) is 7.82. The van der Waals surface area contributed by atoms with Gasteiger partial charge in [0.15, 0.2) is 0 Å². The molecule has 0 amide bonds. The van der Waals surface area contributed by atoms with Crippen molar-refractivity contribution in [2.45, 2.75) is 0 Å². The molecule has 2 nitrogen and oxygen atoms in total. The predicted molar refractivity (Wildman–Crippen MR) is 59.1 cm³/mol. The van der Waals surface area contributed by atoms with Crippen molar-refractivity contribution in [3.05, 3.63) is 42.0 Å². The van der Waals surface area contributed by atoms with Crippen LogP contribution in [0, 0.1) is 0 Å². The Morgan fingerprint density at radius 2 is 1.71 bits per heavy atom. The molecule has 0 fully saturated rings. The maximum atomic E-state index is 10.9. The summed E-state index contributed by atoms with van der Waals surface area (Å²) in [6.45, 7) is 0. The van der Waals surface area contributed by atoms with Crippen molar-refractivity contribution in [3.63, 3.8) is 0 Å². The summed E-state index contributed by atoms with van der Waals surface area (Å²) in [4.78, 5) is 10.9. The fourth-order valence-corrected chi connectivity index (χ4v) is 1.65. The molecular weight excluding hydrogens is 175 g/mol. The lowest BCUT2D eigenvalue weighted by molar-refractivity contribution is 0.0699. The number of aromatic carboxylic acids is 1. The summed E-state index contributed by atoms with van der Waals surface area (Å²) >= 11 is 0. The van der Waals surface area contributed by atoms with Crippen molar-refractivity contribution in [1.82, 2.24) is 0 Å². The van der Waals surface area contributed by atoms with Crippen LogP contribution in [0.15, 0.2) is 36.4 Å². The van der Waals surface area contributed by atoms with Gasteiger partial charge in [-0.25, -0.2) is 4.79 Å². The van der Waals surface area contributed by atoms with Gasteiger partial charge in [-0.2, -0.15) is 0 Å². The van der Waals surface area contributed by atoms with Crippen molar-refractivity contribution < 1.29 is 9.90 Å². The molecule has 68 valence electrons. The zero-order valence-corrected chi connectivity index (χ0v) is 7.82. The van der Waals surface area contributed by atoms with Gasteiger partial charge in [-0.15, -0.1) is 0 Å². The minimum absolute atomic E-state index is 0.367. The lowest BCUT2D eigenvalue weighted by Crippen LogP contribution is -2.05. The molecular formula is C11H9BO2. The van der Waals surface area contributed by atoms with E-state index in [2.05, 4.69) is 0 Å². The maximum Gasteiger partial charge on any atom is 0.336 e. The second-order valence-electron chi connectivity index (χ2n) is 3.28. The van der Waals surface area contributed by atoms with E-state index >= 15 is 0 Å². The number of hydrogen-bond donors (Lipinski definition) is 1. The quantitative estimate of drug-likeness (QED) is 0.665. The third-order valence-electron chi connectivity index (χ3n) is 2.37. The number of benzene rings is 2. The molecule has 0 saturated heterocycles. The highest BCUT2D eigenvalue weighted by Crippen LogP contribution is 2.16. The van der Waals surface area contributed by atoms with Crippen LogP contribution < -0.4 is 5.46 Å². The van der Waals surface area contributed by atoms with Gasteiger partial charge in [-0.05, 0) is 16.8 Å². The average Bonchev–Trinajstić information content (AvgIpc) is 2.17. The minimum Gasteiger partial charge on any atom is -0.478 e. The van der Waals surface area contributed by atoms with Gasteiger partial charge in [0.2, 0.25) is 0 Å². The van der Waals surface area contributed by atoms with Crippen molar-refractivity contribution >= 4 is 30.1 Å². The second-order valence-corrected chi connectivity index (χ2v) is 3.28. The van der Waals surface area contributed by atoms with E-state index in [0.717, 1.165) is 16.2 Å². The van der Waals surface area contributed by atoms with Crippen LogP contribution in [-0.4, -0.2) is 18.9 Å². The highest BCUT2D eigenvalue weighted by Gasteiger charge is 2.07. The summed E-state index contributed by atoms with van der Waals surface area (Å²) in [7, 11) is 1.98. The summed E-state index contributed by atoms with van der Waals surface area (Å²) in [5, 5.41) is 10.8. The number of carboxylic acids is 1. The van der Waals surface area contributed by atoms with Gasteiger partial charge < -0.3 is 5.11 Å². The first kappa shape index (κ1) is 8.82. The van der Waals surface area contributed by atoms with Crippen LogP contribution in [-0.2, 0) is 0 Å². The molecule has 0 aliphatic carbocycles. The third kappa shape index (κ3) is 1.27. The SMILES string of the molecule is Bc1cccc2c(C(=O)O)cccc12. The van der Waals surface area contributed by atoms with Gasteiger partial charge in [0.25, 0.3) is 0 Å². The van der Waals surface area contributed by atoms with E-state index in [1.54, 1.807) is 12.1 Å². The summed E-state index contributed by atoms with van der Waals surface area (Å²) in [5.74, 6) is -0.874. The molecule has 0 radical (unpaired) electrons. The summed E-state index contributed by atoms with van der Waals surface area (Å²) in [6, 6.07) is 11.0. The summed E-state index contributed by atoms with van der Waals surface area (Å²) in [6.07, 6.45) is 0. The largest absolute Gasteiger partial charge is 0.478 e. The highest BCUT2D eigenvalue weighted by molar-refractivity contribution is 6.39. The zero-order chi connectivity index (χ0) is 10.1. The Labute approximate surface area is 82.6 Å². The molecule has 14 heavy (non-hydrogen) atoms. The molecule has 0 unspecified atom stereocenters. The molecule has 0 aromatic heterocycles. The number of fused-ring (bicyclic) bond motifs is 1. The van der Waals surface area contributed by atoms with E-state index in [0.29, 0.717) is 5.56 Å². The van der Waals surface area contributed by atoms with Crippen molar-refractivity contribution in [2.24, 2.45) is 0 Å². The molecule has 2 aromatic rings. The smallest absolute Gasteiger partial charge is 0.336 e. The number of carboxylic acid groups (broad SMARTS) is 1. The van der Waals surface area contributed by atoms with Crippen LogP contribution in [0.4, 0.5) is 0 Å². The van der Waals surface area contributed by atoms with E-state index in [4.69, 9.17) is 5.11 Å². The maximum absolute atomic E-state index is 10.9. The molecule has 1 N–H and O–H groups in total. The summed E-state index contributed by atoms with van der Waals surface area (Å²) in [5.41, 5.74) is 1.47. The Morgan fingerprint density at radius 3 is 2.43 bits per heavy atom. The van der Waals surface area contributed by atoms with Gasteiger partial charge in [-0.3, -0.25) is 0 Å². The first-order valence-electron chi connectivity index (χ1n) is 4.42. The number of hydrogen-bond acceptors (Lipinski definition) is 1. The molecule has 2 aromatic carbocycles. The van der Waals surface area contributed by atoms with Crippen LogP contribution >= 0.6 is 0 Å². The van der Waals surface area contributed by atoms with Crippen LogP contribution in [0.5, 0.6) is 0 Å². The van der Waals surface area contributed by atoms with Crippen LogP contribution in [0.3, 0.4) is 0 Å². The van der Waals surface area contributed by atoms with Gasteiger partial charge >= 0.3 is 5.97 Å². The fourth-order valence-electron chi connectivity index (χ4n) is 1.65. The van der Waals surface area contributed by atoms with Crippen molar-refractivity contribution in [1.29, 1.82) is 0 Å². The Balaban J connectivity index is 2.88. The lowest BCUT2D eigenvalue weighted by Gasteiger charge is -2.04. The Bertz CT molecular complexity index is 506. The molecule has 0 spiro atoms. The first-order chi connectivity index (χ1) is 6.70. The van der Waals surface area contributed by atoms with Gasteiger partial charge in [0.1, 0.15) is 7.85 Å². The highest BCUT2D eigenvalue weighted by atomic mass is 16.4. The molecule has 0 heterocycles. The second kappa shape index (κ2) is 3.18. The molecule has 0 bridgehead atoms. The molecule has 2 rings (SSSR count). The standard InChI is InChI=1S/C11H9BO2/c12-10-6-2-3-7-8(10)4-1-5-9(7)11(13)14/h1-6H,12H2,(H,13,14). The van der Waals surface area contributed by atoms with Crippen LogP contribution in [0.25, 0.3) is 10.8 Å². The molecule has 0 aliphatic rings. The van der Waals surface area contributed by atoms with Crippen LogP contribution in [0.1, 0.15) is 10.4 Å². The molecule has 3 heteroatoms. The van der Waals surface area contributed by atoms with E-state index in [9.17, 15) is 4.79 Å². The number of rotatable bonds is 1. The fraction of sp³-hybridized carbons (Fsp3) is 0. The topological polar surface area (TPSA) is 37.3 Å². The molecule has 0 aliphatic heterocycles. The van der Waals surface area contributed by atoms with Crippen molar-refractivity contribution in [3.8, 4) is 0 Å². The van der Waals surface area contributed by atoms with Gasteiger partial charge in [0.05, 0.1) is 5.56 Å². The third-order valence-corrected chi connectivity index (χ3v) is 2.37. The first-order valence-corrected chi connectivity index (χ1v) is 4.42. The van der Waals surface area contributed by atoms with E-state index < -0.39 is 5.97 Å². The Hall–Kier alpha value is -1.77. The number of carbonyl (C=O) groups is 1. The van der Waals surface area contributed by atoms with Gasteiger partial charge in [0, 0.05) is 0 Å². The summed E-state index contributed by atoms with van der Waals surface area (Å²) < 4.78 is 0. The minimum atomic E-state index is -0.874. The van der Waals surface area contributed by atoms with E-state index in [1.165, 1.54) is 0 Å². The lowest BCUT2D eigenvalue weighted by atomic mass is 9.89. The molecule has 0 atom stereocenters. The van der Waals surface area contributed by atoms with Crippen molar-refractivity contribution in [2.75, 3.05) is 0 Å². The predicted octanol–water partition coefficient (Wildman–Crippen LogP) is 0.796. The molecule has 0 saturated carbocycles. The van der Waals surface area contributed by atoms with E-state index in [-0.39, 0.29) is 0 Å². The Kier molecular flexibility index (Phi) is 2.00. The van der Waals surface area contributed by atoms with Gasteiger partial charge in [-0.1, -0.05) is 35.8 Å². The monoisotopic (exact) mass is 184 g/mol. The normalized spacial score (nSPS) is 10.3.